The van der Waals surface area contributed by atoms with E-state index < -0.39 is 48.5 Å². The van der Waals surface area contributed by atoms with Gasteiger partial charge in [-0.15, -0.1) is 0 Å². The van der Waals surface area contributed by atoms with Gasteiger partial charge in [-0.1, -0.05) is 19.3 Å². The minimum Gasteiger partial charge on any atom is -0.495 e. The highest BCUT2D eigenvalue weighted by molar-refractivity contribution is 5.88. The molecule has 1 saturated heterocycles. The minimum absolute atomic E-state index is 0.00126. The fourth-order valence-corrected chi connectivity index (χ4v) is 6.21. The molecule has 238 valence electrons. The Labute approximate surface area is 254 Å². The Morgan fingerprint density at radius 3 is 2.32 bits per heavy atom. The molecule has 2 fully saturated rings. The molecule has 0 spiro atoms. The lowest BCUT2D eigenvalue weighted by Crippen LogP contribution is -2.59. The average molecular weight is 614 g/mol. The Bertz CT molecular complexity index is 1550. The number of fused-ring (bicyclic) bond motifs is 1. The van der Waals surface area contributed by atoms with Gasteiger partial charge in [0, 0.05) is 23.7 Å². The summed E-state index contributed by atoms with van der Waals surface area (Å²) < 4.78 is 28.4. The molecule has 2 aliphatic rings. The molecule has 1 aromatic heterocycles. The quantitative estimate of drug-likeness (QED) is 0.239. The van der Waals surface area contributed by atoms with E-state index in [-0.39, 0.29) is 33.6 Å². The number of amides is 1. The second kappa shape index (κ2) is 13.5. The van der Waals surface area contributed by atoms with Gasteiger partial charge in [0.15, 0.2) is 23.0 Å². The van der Waals surface area contributed by atoms with E-state index >= 15 is 0 Å². The van der Waals surface area contributed by atoms with E-state index in [0.29, 0.717) is 29.5 Å². The Morgan fingerprint density at radius 1 is 0.932 bits per heavy atom. The fourth-order valence-electron chi connectivity index (χ4n) is 6.21. The number of aliphatic hydroxyl groups excluding tert-OH is 4. The molecule has 5 atom stereocenters. The largest absolute Gasteiger partial charge is 0.495 e. The van der Waals surface area contributed by atoms with Crippen LogP contribution in [0, 0.1) is 5.92 Å². The minimum atomic E-state index is -1.77. The summed E-state index contributed by atoms with van der Waals surface area (Å²) in [6, 6.07) is 7.71. The summed E-state index contributed by atoms with van der Waals surface area (Å²) in [6.45, 7) is -0.185. The Morgan fingerprint density at radius 2 is 1.66 bits per heavy atom. The van der Waals surface area contributed by atoms with Crippen molar-refractivity contribution in [1.29, 1.82) is 0 Å². The smallest absolute Gasteiger partial charge is 0.251 e. The maximum atomic E-state index is 13.6. The van der Waals surface area contributed by atoms with E-state index in [1.54, 1.807) is 18.2 Å². The van der Waals surface area contributed by atoms with Crippen LogP contribution in [0.15, 0.2) is 39.5 Å². The zero-order valence-corrected chi connectivity index (χ0v) is 24.9. The lowest BCUT2D eigenvalue weighted by Gasteiger charge is -2.41. The molecule has 1 amide bonds. The molecule has 5 N–H and O–H groups in total. The molecule has 1 saturated carbocycles. The highest BCUT2D eigenvalue weighted by Gasteiger charge is 2.48. The predicted molar refractivity (Wildman–Crippen MR) is 159 cm³/mol. The van der Waals surface area contributed by atoms with Crippen molar-refractivity contribution in [1.82, 2.24) is 5.32 Å². The SMILES string of the molecule is COc1ccc(-c2cc(=O)c3c(OC)c(C4OC(C(=O)NCC5CCCCC5)C(O)C(O)C4O)c(CO)cc3o2)cc1OC. The standard InChI is InChI=1S/C32H39NO11/c1-40-20-10-9-17(11-22(20)41-2)21-13-19(35)25-23(43-21)12-18(15-34)24(29(25)42-3)30-27(37)26(36)28(38)31(44-30)32(39)33-14-16-7-5-4-6-8-16/h9-13,16,26-28,30-31,34,36-38H,4-8,14-15H2,1-3H3,(H,33,39). The summed E-state index contributed by atoms with van der Waals surface area (Å²) in [5.41, 5.74) is 0.333. The number of ether oxygens (including phenoxy) is 4. The van der Waals surface area contributed by atoms with Crippen LogP contribution in [-0.2, 0) is 16.1 Å². The van der Waals surface area contributed by atoms with Gasteiger partial charge in [-0.2, -0.15) is 0 Å². The van der Waals surface area contributed by atoms with Crippen molar-refractivity contribution in [2.45, 2.75) is 69.2 Å². The van der Waals surface area contributed by atoms with Crippen LogP contribution in [0.2, 0.25) is 0 Å². The van der Waals surface area contributed by atoms with Gasteiger partial charge in [0.05, 0.1) is 27.9 Å². The van der Waals surface area contributed by atoms with E-state index in [4.69, 9.17) is 23.4 Å². The van der Waals surface area contributed by atoms with Crippen molar-refractivity contribution in [2.24, 2.45) is 5.92 Å². The predicted octanol–water partition coefficient (Wildman–Crippen LogP) is 2.20. The molecule has 1 aliphatic carbocycles. The van der Waals surface area contributed by atoms with E-state index in [0.717, 1.165) is 32.1 Å². The van der Waals surface area contributed by atoms with Crippen LogP contribution >= 0.6 is 0 Å². The number of carbonyl (C=O) groups excluding carboxylic acids is 1. The number of methoxy groups -OCH3 is 3. The topological polar surface area (TPSA) is 177 Å². The second-order valence-corrected chi connectivity index (χ2v) is 11.3. The highest BCUT2D eigenvalue weighted by atomic mass is 16.5. The first-order valence-corrected chi connectivity index (χ1v) is 14.7. The average Bonchev–Trinajstić information content (AvgIpc) is 3.05. The van der Waals surface area contributed by atoms with Gasteiger partial charge in [0.1, 0.15) is 46.9 Å². The van der Waals surface area contributed by atoms with Crippen LogP contribution in [0.5, 0.6) is 17.2 Å². The van der Waals surface area contributed by atoms with E-state index in [1.165, 1.54) is 33.5 Å². The van der Waals surface area contributed by atoms with Gasteiger partial charge in [-0.3, -0.25) is 9.59 Å². The summed E-state index contributed by atoms with van der Waals surface area (Å²) in [5, 5.41) is 45.7. The first kappa shape index (κ1) is 31.7. The number of hydrogen-bond acceptors (Lipinski definition) is 11. The van der Waals surface area contributed by atoms with Gasteiger partial charge >= 0.3 is 0 Å². The molecular weight excluding hydrogens is 574 g/mol. The fraction of sp³-hybridized carbons (Fsp3) is 0.500. The monoisotopic (exact) mass is 613 g/mol. The molecule has 0 radical (unpaired) electrons. The van der Waals surface area contributed by atoms with E-state index in [1.807, 2.05) is 0 Å². The molecule has 12 heteroatoms. The van der Waals surface area contributed by atoms with Crippen molar-refractivity contribution >= 4 is 16.9 Å². The summed E-state index contributed by atoms with van der Waals surface area (Å²) in [5.74, 6) is 0.746. The maximum absolute atomic E-state index is 13.6. The Balaban J connectivity index is 1.53. The van der Waals surface area contributed by atoms with Gasteiger partial charge in [-0.25, -0.2) is 0 Å². The van der Waals surface area contributed by atoms with Gasteiger partial charge in [0.2, 0.25) is 0 Å². The van der Waals surface area contributed by atoms with Crippen LogP contribution < -0.4 is 25.0 Å². The molecule has 2 aromatic carbocycles. The lowest BCUT2D eigenvalue weighted by molar-refractivity contribution is -0.223. The lowest BCUT2D eigenvalue weighted by atomic mass is 9.87. The van der Waals surface area contributed by atoms with Crippen molar-refractivity contribution in [2.75, 3.05) is 27.9 Å². The third-order valence-electron chi connectivity index (χ3n) is 8.59. The normalized spacial score (nSPS) is 24.2. The molecular formula is C32H39NO11. The molecule has 2 heterocycles. The van der Waals surface area contributed by atoms with E-state index in [9.17, 15) is 30.0 Å². The van der Waals surface area contributed by atoms with Gasteiger partial charge < -0.3 is 49.1 Å². The molecule has 5 rings (SSSR count). The van der Waals surface area contributed by atoms with Crippen LogP contribution in [0.3, 0.4) is 0 Å². The molecule has 12 nitrogen and oxygen atoms in total. The Hall–Kier alpha value is -3.68. The number of benzene rings is 2. The van der Waals surface area contributed by atoms with Crippen LogP contribution in [0.4, 0.5) is 0 Å². The third-order valence-corrected chi connectivity index (χ3v) is 8.59. The van der Waals surface area contributed by atoms with Crippen LogP contribution in [-0.4, -0.2) is 78.6 Å². The molecule has 0 bridgehead atoms. The number of nitrogens with one attached hydrogen (secondary N) is 1. The van der Waals surface area contributed by atoms with Crippen LogP contribution in [0.1, 0.15) is 49.3 Å². The first-order chi connectivity index (χ1) is 21.2. The molecule has 1 aliphatic heterocycles. The van der Waals surface area contributed by atoms with E-state index in [2.05, 4.69) is 5.32 Å². The van der Waals surface area contributed by atoms with Crippen LogP contribution in [0.25, 0.3) is 22.3 Å². The van der Waals surface area contributed by atoms with Gasteiger partial charge in [-0.05, 0) is 48.6 Å². The number of rotatable bonds is 9. The molecule has 3 aromatic rings. The molecule has 44 heavy (non-hydrogen) atoms. The zero-order chi connectivity index (χ0) is 31.5. The first-order valence-electron chi connectivity index (χ1n) is 14.7. The highest BCUT2D eigenvalue weighted by Crippen LogP contribution is 2.43. The molecule has 5 unspecified atom stereocenters. The zero-order valence-electron chi connectivity index (χ0n) is 24.9. The van der Waals surface area contributed by atoms with Crippen molar-refractivity contribution in [3.63, 3.8) is 0 Å². The summed E-state index contributed by atoms with van der Waals surface area (Å²) >= 11 is 0. The van der Waals surface area contributed by atoms with Crippen molar-refractivity contribution < 1.29 is 48.6 Å². The Kier molecular flexibility index (Phi) is 9.76. The maximum Gasteiger partial charge on any atom is 0.251 e. The number of hydrogen-bond donors (Lipinski definition) is 5. The second-order valence-electron chi connectivity index (χ2n) is 11.3. The van der Waals surface area contributed by atoms with Crippen molar-refractivity contribution in [3.8, 4) is 28.6 Å². The summed E-state index contributed by atoms with van der Waals surface area (Å²) in [6.07, 6.45) is -2.86. The van der Waals surface area contributed by atoms with Gasteiger partial charge in [0.25, 0.3) is 5.91 Å². The number of carbonyl (C=O) groups is 1. The summed E-state index contributed by atoms with van der Waals surface area (Å²) in [4.78, 5) is 26.7. The third kappa shape index (κ3) is 6.00. The number of aliphatic hydroxyl groups is 4. The van der Waals surface area contributed by atoms with Crippen molar-refractivity contribution in [3.05, 3.63) is 51.7 Å². The summed E-state index contributed by atoms with van der Waals surface area (Å²) in [7, 11) is 4.30.